The van der Waals surface area contributed by atoms with Gasteiger partial charge in [0.05, 0.1) is 32.7 Å². The number of methoxy groups -OCH3 is 3. The number of aromatic nitrogens is 2. The monoisotopic (exact) mass is 512 g/mol. The second kappa shape index (κ2) is 9.13. The van der Waals surface area contributed by atoms with Crippen LogP contribution in [0.5, 0.6) is 23.1 Å². The van der Waals surface area contributed by atoms with Crippen molar-refractivity contribution in [1.29, 1.82) is 0 Å². The van der Waals surface area contributed by atoms with Crippen molar-refractivity contribution in [1.82, 2.24) is 9.78 Å². The molecule has 6 rings (SSSR count). The molecule has 4 aromatic rings. The molecule has 0 radical (unpaired) electrons. The van der Waals surface area contributed by atoms with Gasteiger partial charge in [0.1, 0.15) is 18.5 Å². The summed E-state index contributed by atoms with van der Waals surface area (Å²) in [4.78, 5) is 13.9. The minimum Gasteiger partial charge on any atom is -0.497 e. The molecule has 38 heavy (non-hydrogen) atoms. The highest BCUT2D eigenvalue weighted by Gasteiger charge is 2.63. The number of ether oxygens (including phenoxy) is 5. The van der Waals surface area contributed by atoms with E-state index in [1.807, 2.05) is 79.7 Å². The zero-order valence-corrected chi connectivity index (χ0v) is 21.6. The van der Waals surface area contributed by atoms with Crippen LogP contribution in [0.25, 0.3) is 5.69 Å². The topological polar surface area (TPSA) is 81.0 Å². The van der Waals surface area contributed by atoms with Gasteiger partial charge in [-0.1, -0.05) is 42.5 Å². The Hall–Kier alpha value is -4.46. The first kappa shape index (κ1) is 23.9. The van der Waals surface area contributed by atoms with Gasteiger partial charge in [-0.25, -0.2) is 4.68 Å². The molecule has 0 aliphatic carbocycles. The maximum atomic E-state index is 13.9. The lowest BCUT2D eigenvalue weighted by molar-refractivity contribution is -0.168. The summed E-state index contributed by atoms with van der Waals surface area (Å²) < 4.78 is 31.4. The fraction of sp³-hybridized carbons (Fsp3) is 0.267. The van der Waals surface area contributed by atoms with Crippen molar-refractivity contribution in [2.45, 2.75) is 18.9 Å². The molecular weight excluding hydrogens is 484 g/mol. The van der Waals surface area contributed by atoms with Crippen molar-refractivity contribution in [3.8, 4) is 28.8 Å². The number of rotatable bonds is 5. The summed E-state index contributed by atoms with van der Waals surface area (Å²) in [5.41, 5.74) is 2.81. The predicted octanol–water partition coefficient (Wildman–Crippen LogP) is 5.02. The average Bonchev–Trinajstić information content (AvgIpc) is 3.31. The third-order valence-corrected chi connectivity index (χ3v) is 7.54. The minimum atomic E-state index is -1.23. The molecule has 8 nitrogen and oxygen atoms in total. The van der Waals surface area contributed by atoms with Gasteiger partial charge in [-0.15, -0.1) is 0 Å². The van der Waals surface area contributed by atoms with Crippen LogP contribution in [-0.4, -0.2) is 43.7 Å². The second-order valence-electron chi connectivity index (χ2n) is 9.45. The number of nitrogens with zero attached hydrogens (tertiary/aromatic N) is 2. The molecule has 3 heterocycles. The Morgan fingerprint density at radius 2 is 1.74 bits per heavy atom. The summed E-state index contributed by atoms with van der Waals surface area (Å²) in [7, 11) is 4.62. The van der Waals surface area contributed by atoms with Crippen LogP contribution >= 0.6 is 0 Å². The number of fused-ring (bicyclic) bond motifs is 5. The van der Waals surface area contributed by atoms with E-state index in [9.17, 15) is 4.79 Å². The highest BCUT2D eigenvalue weighted by atomic mass is 16.6. The van der Waals surface area contributed by atoms with Crippen molar-refractivity contribution in [2.75, 3.05) is 27.9 Å². The molecule has 0 amide bonds. The normalized spacial score (nSPS) is 21.2. The Bertz CT molecular complexity index is 1500. The molecule has 0 fully saturated rings. The smallest absolute Gasteiger partial charge is 0.320 e. The summed E-state index contributed by atoms with van der Waals surface area (Å²) in [6, 6.07) is 23.1. The minimum absolute atomic E-state index is 0.0316. The molecule has 2 aliphatic heterocycles. The number of hydrogen-bond donors (Lipinski definition) is 0. The van der Waals surface area contributed by atoms with Crippen molar-refractivity contribution in [2.24, 2.45) is 5.41 Å². The van der Waals surface area contributed by atoms with Gasteiger partial charge in [-0.05, 0) is 42.8 Å². The molecule has 0 unspecified atom stereocenters. The summed E-state index contributed by atoms with van der Waals surface area (Å²) in [5.74, 6) is 1.59. The van der Waals surface area contributed by atoms with Crippen LogP contribution in [0.4, 0.5) is 0 Å². The third kappa shape index (κ3) is 3.36. The number of benzene rings is 3. The number of esters is 1. The maximum absolute atomic E-state index is 13.9. The molecule has 0 bridgehead atoms. The quantitative estimate of drug-likeness (QED) is 0.348. The van der Waals surface area contributed by atoms with Gasteiger partial charge >= 0.3 is 5.97 Å². The van der Waals surface area contributed by atoms with E-state index < -0.39 is 23.4 Å². The van der Waals surface area contributed by atoms with E-state index in [-0.39, 0.29) is 6.61 Å². The van der Waals surface area contributed by atoms with Gasteiger partial charge in [0.2, 0.25) is 5.88 Å². The molecule has 3 atom stereocenters. The molecule has 0 saturated heterocycles. The third-order valence-electron chi connectivity index (χ3n) is 7.54. The highest BCUT2D eigenvalue weighted by Crippen LogP contribution is 2.62. The molecule has 0 spiro atoms. The van der Waals surface area contributed by atoms with Crippen molar-refractivity contribution in [3.05, 3.63) is 95.2 Å². The number of para-hydroxylation sites is 2. The first-order chi connectivity index (χ1) is 18.5. The molecule has 194 valence electrons. The lowest BCUT2D eigenvalue weighted by Crippen LogP contribution is -2.54. The number of hydrogen-bond acceptors (Lipinski definition) is 7. The van der Waals surface area contributed by atoms with Crippen molar-refractivity contribution in [3.63, 3.8) is 0 Å². The predicted molar refractivity (Wildman–Crippen MR) is 139 cm³/mol. The Kier molecular flexibility index (Phi) is 5.75. The summed E-state index contributed by atoms with van der Waals surface area (Å²) in [5, 5.41) is 4.89. The Morgan fingerprint density at radius 1 is 0.974 bits per heavy atom. The maximum Gasteiger partial charge on any atom is 0.320 e. The van der Waals surface area contributed by atoms with E-state index >= 15 is 0 Å². The number of aryl methyl sites for hydroxylation is 1. The summed E-state index contributed by atoms with van der Waals surface area (Å²) in [6.45, 7) is 1.97. The van der Waals surface area contributed by atoms with E-state index in [4.69, 9.17) is 28.8 Å². The van der Waals surface area contributed by atoms with E-state index in [1.165, 1.54) is 7.11 Å². The number of carbonyl (C=O) groups is 1. The second-order valence-corrected chi connectivity index (χ2v) is 9.45. The van der Waals surface area contributed by atoms with Gasteiger partial charge in [0.15, 0.2) is 16.9 Å². The first-order valence-electron chi connectivity index (χ1n) is 12.4. The average molecular weight is 513 g/mol. The van der Waals surface area contributed by atoms with E-state index in [0.717, 1.165) is 28.1 Å². The lowest BCUT2D eigenvalue weighted by Gasteiger charge is -2.49. The van der Waals surface area contributed by atoms with Gasteiger partial charge in [0, 0.05) is 17.0 Å². The molecule has 3 aromatic carbocycles. The van der Waals surface area contributed by atoms with Crippen LogP contribution in [0.1, 0.15) is 34.4 Å². The Balaban J connectivity index is 1.67. The van der Waals surface area contributed by atoms with Crippen LogP contribution < -0.4 is 18.9 Å². The Labute approximate surface area is 220 Å². The Morgan fingerprint density at radius 3 is 2.42 bits per heavy atom. The van der Waals surface area contributed by atoms with Crippen molar-refractivity contribution >= 4 is 5.97 Å². The molecule has 0 N–H and O–H groups in total. The van der Waals surface area contributed by atoms with Crippen molar-refractivity contribution < 1.29 is 28.5 Å². The summed E-state index contributed by atoms with van der Waals surface area (Å²) >= 11 is 0. The van der Waals surface area contributed by atoms with Crippen LogP contribution in [0.3, 0.4) is 0 Å². The SMILES string of the molecule is COC(=O)[C@]12COc3c(OC)cccc3[C@H]1c1c(C)nn(-c3ccccc3)c1O[C@H]2c1ccc(OC)cc1. The summed E-state index contributed by atoms with van der Waals surface area (Å²) in [6.07, 6.45) is -0.740. The van der Waals surface area contributed by atoms with Crippen LogP contribution in [-0.2, 0) is 9.53 Å². The first-order valence-corrected chi connectivity index (χ1v) is 12.4. The van der Waals surface area contributed by atoms with Gasteiger partial charge in [-0.2, -0.15) is 5.10 Å². The van der Waals surface area contributed by atoms with Gasteiger partial charge in [-0.3, -0.25) is 4.79 Å². The van der Waals surface area contributed by atoms with Crippen LogP contribution in [0.15, 0.2) is 72.8 Å². The van der Waals surface area contributed by atoms with Crippen LogP contribution in [0, 0.1) is 12.3 Å². The van der Waals surface area contributed by atoms with Gasteiger partial charge < -0.3 is 23.7 Å². The molecule has 1 aromatic heterocycles. The standard InChI is InChI=1S/C30H28N2O6/c1-18-24-25-22-11-8-12-23(35-3)26(22)37-17-30(25,29(33)36-4)27(19-13-15-21(34-2)16-14-19)38-28(24)32(31-18)20-9-6-5-7-10-20/h5-16,25,27H,17H2,1-4H3/t25-,27-,30+/m0/s1. The van der Waals surface area contributed by atoms with E-state index in [1.54, 1.807) is 18.9 Å². The molecule has 8 heteroatoms. The lowest BCUT2D eigenvalue weighted by atomic mass is 9.61. The molecule has 2 aliphatic rings. The molecule has 0 saturated carbocycles. The number of carbonyl (C=O) groups excluding carboxylic acids is 1. The zero-order valence-electron chi connectivity index (χ0n) is 21.6. The highest BCUT2D eigenvalue weighted by molar-refractivity contribution is 5.83. The molecular formula is C30H28N2O6. The fourth-order valence-electron chi connectivity index (χ4n) is 5.81. The van der Waals surface area contributed by atoms with Gasteiger partial charge in [0.25, 0.3) is 0 Å². The largest absolute Gasteiger partial charge is 0.497 e. The zero-order chi connectivity index (χ0) is 26.4. The fourth-order valence-corrected chi connectivity index (χ4v) is 5.81. The van der Waals surface area contributed by atoms with E-state index in [2.05, 4.69) is 0 Å². The van der Waals surface area contributed by atoms with Crippen LogP contribution in [0.2, 0.25) is 0 Å². The van der Waals surface area contributed by atoms with E-state index in [0.29, 0.717) is 23.1 Å².